The molecule has 6 nitrogen and oxygen atoms in total. The molecule has 1 amide bonds. The molecule has 6 heteroatoms. The molecule has 23 heavy (non-hydrogen) atoms. The van der Waals surface area contributed by atoms with E-state index < -0.39 is 0 Å². The lowest BCUT2D eigenvalue weighted by atomic mass is 9.93. The van der Waals surface area contributed by atoms with Gasteiger partial charge >= 0.3 is 0 Å². The van der Waals surface area contributed by atoms with Crippen molar-refractivity contribution in [3.8, 4) is 5.69 Å². The number of carbonyl (C=O) groups is 1. The van der Waals surface area contributed by atoms with Crippen molar-refractivity contribution in [2.75, 3.05) is 6.54 Å². The molecule has 2 aliphatic carbocycles. The second-order valence-corrected chi connectivity index (χ2v) is 6.44. The van der Waals surface area contributed by atoms with Crippen LogP contribution >= 0.6 is 0 Å². The molecular formula is C17H19N5O. The van der Waals surface area contributed by atoms with E-state index in [1.54, 1.807) is 4.68 Å². The Morgan fingerprint density at radius 1 is 1.26 bits per heavy atom. The van der Waals surface area contributed by atoms with Gasteiger partial charge < -0.3 is 5.32 Å². The largest absolute Gasteiger partial charge is 0.352 e. The highest BCUT2D eigenvalue weighted by atomic mass is 16.1. The van der Waals surface area contributed by atoms with Gasteiger partial charge in [0.2, 0.25) is 0 Å². The van der Waals surface area contributed by atoms with E-state index in [4.69, 9.17) is 0 Å². The zero-order valence-electron chi connectivity index (χ0n) is 13.0. The number of aromatic nitrogens is 4. The first kappa shape index (κ1) is 14.1. The van der Waals surface area contributed by atoms with Gasteiger partial charge in [0.05, 0.1) is 5.69 Å². The molecule has 1 N–H and O–H groups in total. The van der Waals surface area contributed by atoms with Gasteiger partial charge in [-0.05, 0) is 72.2 Å². The highest BCUT2D eigenvalue weighted by Crippen LogP contribution is 2.42. The van der Waals surface area contributed by atoms with Crippen LogP contribution in [0.1, 0.15) is 29.0 Å². The standard InChI is InChI=1S/C17H19N5O/c1-11-19-20-21-22(11)16-6-4-13(5-7-16)17(23)18-10-15-9-12-2-3-14(15)8-12/h2-7,12,14-15H,8-10H2,1H3,(H,18,23). The van der Waals surface area contributed by atoms with Crippen LogP contribution < -0.4 is 5.32 Å². The molecule has 2 aromatic rings. The molecule has 1 fully saturated rings. The van der Waals surface area contributed by atoms with Crippen molar-refractivity contribution in [2.24, 2.45) is 17.8 Å². The minimum atomic E-state index is -0.0169. The van der Waals surface area contributed by atoms with Crippen LogP contribution in [0.4, 0.5) is 0 Å². The van der Waals surface area contributed by atoms with Crippen molar-refractivity contribution in [1.82, 2.24) is 25.5 Å². The van der Waals surface area contributed by atoms with E-state index in [2.05, 4.69) is 33.0 Å². The molecule has 0 spiro atoms. The topological polar surface area (TPSA) is 72.7 Å². The average molecular weight is 309 g/mol. The van der Waals surface area contributed by atoms with Crippen molar-refractivity contribution in [3.05, 3.63) is 47.8 Å². The smallest absolute Gasteiger partial charge is 0.251 e. The molecule has 2 bridgehead atoms. The third-order valence-electron chi connectivity index (χ3n) is 4.94. The predicted molar refractivity (Wildman–Crippen MR) is 85.1 cm³/mol. The van der Waals surface area contributed by atoms with E-state index in [1.807, 2.05) is 31.2 Å². The molecule has 1 aromatic heterocycles. The lowest BCUT2D eigenvalue weighted by Crippen LogP contribution is -2.30. The molecular weight excluding hydrogens is 290 g/mol. The van der Waals surface area contributed by atoms with Gasteiger partial charge in [-0.2, -0.15) is 4.68 Å². The molecule has 3 unspecified atom stereocenters. The summed E-state index contributed by atoms with van der Waals surface area (Å²) in [7, 11) is 0. The lowest BCUT2D eigenvalue weighted by Gasteiger charge is -2.18. The van der Waals surface area contributed by atoms with Crippen LogP contribution in [0.5, 0.6) is 0 Å². The quantitative estimate of drug-likeness (QED) is 0.876. The number of tetrazole rings is 1. The number of carbonyl (C=O) groups excluding carboxylic acids is 1. The van der Waals surface area contributed by atoms with Gasteiger partial charge in [-0.25, -0.2) is 0 Å². The van der Waals surface area contributed by atoms with Crippen LogP contribution in [-0.4, -0.2) is 32.7 Å². The van der Waals surface area contributed by atoms with E-state index >= 15 is 0 Å². The van der Waals surface area contributed by atoms with Crippen LogP contribution in [-0.2, 0) is 0 Å². The van der Waals surface area contributed by atoms with Crippen LogP contribution in [0.25, 0.3) is 5.69 Å². The maximum absolute atomic E-state index is 12.3. The minimum Gasteiger partial charge on any atom is -0.352 e. The predicted octanol–water partition coefficient (Wildman–Crippen LogP) is 1.91. The summed E-state index contributed by atoms with van der Waals surface area (Å²) < 4.78 is 1.64. The highest BCUT2D eigenvalue weighted by Gasteiger charge is 2.35. The summed E-state index contributed by atoms with van der Waals surface area (Å²) in [6.45, 7) is 2.60. The third-order valence-corrected chi connectivity index (χ3v) is 4.94. The highest BCUT2D eigenvalue weighted by molar-refractivity contribution is 5.94. The molecule has 1 saturated carbocycles. The third kappa shape index (κ3) is 2.65. The van der Waals surface area contributed by atoms with Gasteiger partial charge in [0, 0.05) is 12.1 Å². The van der Waals surface area contributed by atoms with Crippen molar-refractivity contribution in [1.29, 1.82) is 0 Å². The average Bonchev–Trinajstić information content (AvgIpc) is 3.29. The van der Waals surface area contributed by atoms with E-state index in [1.165, 1.54) is 12.8 Å². The zero-order valence-corrected chi connectivity index (χ0v) is 13.0. The second-order valence-electron chi connectivity index (χ2n) is 6.44. The Bertz CT molecular complexity index is 749. The molecule has 0 aliphatic heterocycles. The van der Waals surface area contributed by atoms with Crippen molar-refractivity contribution in [2.45, 2.75) is 19.8 Å². The number of benzene rings is 1. The monoisotopic (exact) mass is 309 g/mol. The fourth-order valence-electron chi connectivity index (χ4n) is 3.68. The molecule has 118 valence electrons. The number of fused-ring (bicyclic) bond motifs is 2. The van der Waals surface area contributed by atoms with E-state index in [0.717, 1.165) is 18.2 Å². The summed E-state index contributed by atoms with van der Waals surface area (Å²) in [6.07, 6.45) is 7.11. The van der Waals surface area contributed by atoms with Gasteiger partial charge in [0.25, 0.3) is 5.91 Å². The van der Waals surface area contributed by atoms with E-state index in [0.29, 0.717) is 23.2 Å². The SMILES string of the molecule is Cc1nnnn1-c1ccc(C(=O)NCC2CC3C=CC2C3)cc1. The van der Waals surface area contributed by atoms with Crippen LogP contribution in [0, 0.1) is 24.7 Å². The Morgan fingerprint density at radius 3 is 2.70 bits per heavy atom. The fraction of sp³-hybridized carbons (Fsp3) is 0.412. The number of nitrogens with one attached hydrogen (secondary N) is 1. The molecule has 2 aliphatic rings. The molecule has 1 aromatic carbocycles. The summed E-state index contributed by atoms with van der Waals surface area (Å²) >= 11 is 0. The first-order valence-corrected chi connectivity index (χ1v) is 8.02. The van der Waals surface area contributed by atoms with Gasteiger partial charge in [-0.15, -0.1) is 5.10 Å². The van der Waals surface area contributed by atoms with Crippen LogP contribution in [0.2, 0.25) is 0 Å². The van der Waals surface area contributed by atoms with Crippen molar-refractivity contribution >= 4 is 5.91 Å². The first-order chi connectivity index (χ1) is 11.2. The minimum absolute atomic E-state index is 0.0169. The van der Waals surface area contributed by atoms with E-state index in [9.17, 15) is 4.79 Å². The van der Waals surface area contributed by atoms with Gasteiger partial charge in [-0.1, -0.05) is 12.2 Å². The van der Waals surface area contributed by atoms with Gasteiger partial charge in [0.1, 0.15) is 0 Å². The van der Waals surface area contributed by atoms with Crippen LogP contribution in [0.3, 0.4) is 0 Å². The second kappa shape index (κ2) is 5.61. The van der Waals surface area contributed by atoms with Crippen molar-refractivity contribution < 1.29 is 4.79 Å². The molecule has 0 radical (unpaired) electrons. The Balaban J connectivity index is 1.39. The summed E-state index contributed by atoms with van der Waals surface area (Å²) in [4.78, 5) is 12.3. The number of aryl methyl sites for hydroxylation is 1. The summed E-state index contributed by atoms with van der Waals surface area (Å²) in [5.74, 6) is 2.69. The van der Waals surface area contributed by atoms with Crippen LogP contribution in [0.15, 0.2) is 36.4 Å². The maximum Gasteiger partial charge on any atom is 0.251 e. The number of rotatable bonds is 4. The Hall–Kier alpha value is -2.50. The number of amides is 1. The lowest BCUT2D eigenvalue weighted by molar-refractivity contribution is 0.0945. The summed E-state index contributed by atoms with van der Waals surface area (Å²) in [6, 6.07) is 7.34. The number of allylic oxidation sites excluding steroid dienone is 2. The van der Waals surface area contributed by atoms with Gasteiger partial charge in [-0.3, -0.25) is 4.79 Å². The number of hydrogen-bond acceptors (Lipinski definition) is 4. The molecule has 3 atom stereocenters. The summed E-state index contributed by atoms with van der Waals surface area (Å²) in [5.41, 5.74) is 1.51. The molecule has 4 rings (SSSR count). The molecule has 0 saturated heterocycles. The first-order valence-electron chi connectivity index (χ1n) is 8.02. The van der Waals surface area contributed by atoms with Gasteiger partial charge in [0.15, 0.2) is 5.82 Å². The Morgan fingerprint density at radius 2 is 2.09 bits per heavy atom. The Labute approximate surface area is 134 Å². The summed E-state index contributed by atoms with van der Waals surface area (Å²) in [5, 5.41) is 14.5. The zero-order chi connectivity index (χ0) is 15.8. The number of hydrogen-bond donors (Lipinski definition) is 1. The fourth-order valence-corrected chi connectivity index (χ4v) is 3.68. The normalized spacial score (nSPS) is 25.0. The molecule has 1 heterocycles. The Kier molecular flexibility index (Phi) is 3.44. The van der Waals surface area contributed by atoms with Crippen molar-refractivity contribution in [3.63, 3.8) is 0 Å². The maximum atomic E-state index is 12.3. The van der Waals surface area contributed by atoms with E-state index in [-0.39, 0.29) is 5.91 Å². The number of nitrogens with zero attached hydrogens (tertiary/aromatic N) is 4.